The predicted molar refractivity (Wildman–Crippen MR) is 64.7 cm³/mol. The van der Waals surface area contributed by atoms with Gasteiger partial charge in [0.05, 0.1) is 13.2 Å². The van der Waals surface area contributed by atoms with Gasteiger partial charge in [0.25, 0.3) is 0 Å². The van der Waals surface area contributed by atoms with Gasteiger partial charge >= 0.3 is 0 Å². The van der Waals surface area contributed by atoms with Gasteiger partial charge in [0.15, 0.2) is 6.29 Å². The van der Waals surface area contributed by atoms with Crippen LogP contribution in [0.4, 0.5) is 0 Å². The highest BCUT2D eigenvalue weighted by molar-refractivity contribution is 4.90. The van der Waals surface area contributed by atoms with Crippen molar-refractivity contribution in [1.29, 1.82) is 0 Å². The summed E-state index contributed by atoms with van der Waals surface area (Å²) in [6.07, 6.45) is 1.55. The average molecular weight is 210 g/mol. The highest BCUT2D eigenvalue weighted by Gasteiger charge is 2.15. The Morgan fingerprint density at radius 1 is 1.13 bits per heavy atom. The third-order valence-corrected chi connectivity index (χ3v) is 1.79. The van der Waals surface area contributed by atoms with Crippen molar-refractivity contribution in [3.63, 3.8) is 0 Å². The summed E-state index contributed by atoms with van der Waals surface area (Å²) >= 11 is 0. The molecule has 1 unspecified atom stereocenters. The second kappa shape index (κ2) is 7.43. The van der Waals surface area contributed by atoms with Crippen molar-refractivity contribution in [2.24, 2.45) is 5.92 Å². The van der Waals surface area contributed by atoms with Crippen molar-refractivity contribution in [3.8, 4) is 0 Å². The molecule has 15 heavy (non-hydrogen) atoms. The van der Waals surface area contributed by atoms with E-state index in [0.717, 1.165) is 11.1 Å². The molecule has 0 spiro atoms. The standard InChI is InChI=1S/C13H22O2/c1-7-12(6)13(14-8-10(2)3)15-9-11(4)5/h7,12-13H,1-2,4,8-9H2,3,5-6H3. The van der Waals surface area contributed by atoms with Gasteiger partial charge in [-0.05, 0) is 13.8 Å². The van der Waals surface area contributed by atoms with E-state index in [0.29, 0.717) is 13.2 Å². The molecule has 0 aliphatic carbocycles. The van der Waals surface area contributed by atoms with Crippen LogP contribution in [0.5, 0.6) is 0 Å². The van der Waals surface area contributed by atoms with E-state index in [9.17, 15) is 0 Å². The first-order valence-electron chi connectivity index (χ1n) is 5.12. The molecule has 2 nitrogen and oxygen atoms in total. The molecule has 86 valence electrons. The zero-order valence-corrected chi connectivity index (χ0v) is 10.1. The van der Waals surface area contributed by atoms with E-state index >= 15 is 0 Å². The molecular formula is C13H22O2. The first-order chi connectivity index (χ1) is 6.97. The molecule has 1 atom stereocenters. The normalized spacial score (nSPS) is 12.5. The summed E-state index contributed by atoms with van der Waals surface area (Å²) in [6, 6.07) is 0. The molecular weight excluding hydrogens is 188 g/mol. The Morgan fingerprint density at radius 2 is 1.53 bits per heavy atom. The van der Waals surface area contributed by atoms with Crippen LogP contribution in [0.15, 0.2) is 37.0 Å². The van der Waals surface area contributed by atoms with E-state index < -0.39 is 0 Å². The summed E-state index contributed by atoms with van der Waals surface area (Å²) in [5, 5.41) is 0. The van der Waals surface area contributed by atoms with Gasteiger partial charge in [0.1, 0.15) is 0 Å². The van der Waals surface area contributed by atoms with Crippen molar-refractivity contribution in [3.05, 3.63) is 37.0 Å². The Labute approximate surface area is 93.3 Å². The zero-order chi connectivity index (χ0) is 11.8. The van der Waals surface area contributed by atoms with Crippen molar-refractivity contribution >= 4 is 0 Å². The Morgan fingerprint density at radius 3 is 1.80 bits per heavy atom. The van der Waals surface area contributed by atoms with Crippen LogP contribution in [0, 0.1) is 5.92 Å². The van der Waals surface area contributed by atoms with Crippen molar-refractivity contribution in [2.45, 2.75) is 27.1 Å². The fourth-order valence-electron chi connectivity index (χ4n) is 0.912. The van der Waals surface area contributed by atoms with E-state index in [2.05, 4.69) is 19.7 Å². The maximum Gasteiger partial charge on any atom is 0.164 e. The summed E-state index contributed by atoms with van der Waals surface area (Å²) < 4.78 is 11.1. The van der Waals surface area contributed by atoms with Crippen LogP contribution in [-0.4, -0.2) is 19.5 Å². The lowest BCUT2D eigenvalue weighted by atomic mass is 10.2. The predicted octanol–water partition coefficient (Wildman–Crippen LogP) is 3.32. The highest BCUT2D eigenvalue weighted by Crippen LogP contribution is 2.12. The average Bonchev–Trinajstić information content (AvgIpc) is 2.16. The van der Waals surface area contributed by atoms with Crippen LogP contribution in [-0.2, 0) is 9.47 Å². The number of rotatable bonds is 8. The third-order valence-electron chi connectivity index (χ3n) is 1.79. The molecule has 0 aromatic rings. The summed E-state index contributed by atoms with van der Waals surface area (Å²) in [5.74, 6) is 0.156. The van der Waals surface area contributed by atoms with Gasteiger partial charge in [-0.2, -0.15) is 0 Å². The van der Waals surface area contributed by atoms with E-state index in [1.54, 1.807) is 0 Å². The minimum absolute atomic E-state index is 0.156. The molecule has 0 heterocycles. The van der Waals surface area contributed by atoms with Crippen LogP contribution in [0.1, 0.15) is 20.8 Å². The molecule has 0 amide bonds. The molecule has 0 N–H and O–H groups in total. The Bertz CT molecular complexity index is 213. The molecule has 0 aliphatic heterocycles. The minimum Gasteiger partial charge on any atom is -0.348 e. The van der Waals surface area contributed by atoms with Crippen molar-refractivity contribution in [2.75, 3.05) is 13.2 Å². The molecule has 0 bridgehead atoms. The van der Waals surface area contributed by atoms with Gasteiger partial charge < -0.3 is 9.47 Å². The van der Waals surface area contributed by atoms with Gasteiger partial charge in [-0.25, -0.2) is 0 Å². The maximum absolute atomic E-state index is 5.57. The fraction of sp³-hybridized carbons (Fsp3) is 0.538. The van der Waals surface area contributed by atoms with Crippen LogP contribution in [0.3, 0.4) is 0 Å². The molecule has 0 aromatic carbocycles. The molecule has 0 saturated carbocycles. The SMILES string of the molecule is C=CC(C)C(OCC(=C)C)OCC(=C)C. The molecule has 0 saturated heterocycles. The Balaban J connectivity index is 4.11. The van der Waals surface area contributed by atoms with Crippen LogP contribution in [0.2, 0.25) is 0 Å². The second-order valence-corrected chi connectivity index (χ2v) is 4.00. The van der Waals surface area contributed by atoms with Gasteiger partial charge in [0.2, 0.25) is 0 Å². The first kappa shape index (κ1) is 14.1. The lowest BCUT2D eigenvalue weighted by molar-refractivity contribution is -0.148. The monoisotopic (exact) mass is 210 g/mol. The minimum atomic E-state index is -0.268. The molecule has 0 aromatic heterocycles. The quantitative estimate of drug-likeness (QED) is 0.452. The molecule has 0 radical (unpaired) electrons. The smallest absolute Gasteiger partial charge is 0.164 e. The number of ether oxygens (including phenoxy) is 2. The molecule has 0 rings (SSSR count). The summed E-state index contributed by atoms with van der Waals surface area (Å²) in [7, 11) is 0. The van der Waals surface area contributed by atoms with Gasteiger partial charge in [-0.15, -0.1) is 6.58 Å². The van der Waals surface area contributed by atoms with Crippen LogP contribution >= 0.6 is 0 Å². The van der Waals surface area contributed by atoms with Crippen molar-refractivity contribution in [1.82, 2.24) is 0 Å². The lowest BCUT2D eigenvalue weighted by Crippen LogP contribution is -2.25. The van der Waals surface area contributed by atoms with Crippen molar-refractivity contribution < 1.29 is 9.47 Å². The number of hydrogen-bond donors (Lipinski definition) is 0. The molecule has 0 aliphatic rings. The van der Waals surface area contributed by atoms with Gasteiger partial charge in [0, 0.05) is 5.92 Å². The maximum atomic E-state index is 5.57. The third kappa shape index (κ3) is 7.11. The Hall–Kier alpha value is -0.860. The number of hydrogen-bond acceptors (Lipinski definition) is 2. The molecule has 0 fully saturated rings. The summed E-state index contributed by atoms with van der Waals surface area (Å²) in [5.41, 5.74) is 1.96. The summed E-state index contributed by atoms with van der Waals surface area (Å²) in [4.78, 5) is 0. The van der Waals surface area contributed by atoms with Crippen LogP contribution in [0.25, 0.3) is 0 Å². The van der Waals surface area contributed by atoms with E-state index in [1.807, 2.05) is 26.8 Å². The highest BCUT2D eigenvalue weighted by atomic mass is 16.7. The first-order valence-corrected chi connectivity index (χ1v) is 5.12. The molecule has 2 heteroatoms. The van der Waals surface area contributed by atoms with E-state index in [1.165, 1.54) is 0 Å². The lowest BCUT2D eigenvalue weighted by Gasteiger charge is -2.22. The van der Waals surface area contributed by atoms with Gasteiger partial charge in [-0.3, -0.25) is 0 Å². The second-order valence-electron chi connectivity index (χ2n) is 4.00. The van der Waals surface area contributed by atoms with E-state index in [-0.39, 0.29) is 12.2 Å². The largest absolute Gasteiger partial charge is 0.348 e. The van der Waals surface area contributed by atoms with Gasteiger partial charge in [-0.1, -0.05) is 37.3 Å². The zero-order valence-electron chi connectivity index (χ0n) is 10.1. The van der Waals surface area contributed by atoms with Crippen LogP contribution < -0.4 is 0 Å². The fourth-order valence-corrected chi connectivity index (χ4v) is 0.912. The van der Waals surface area contributed by atoms with E-state index in [4.69, 9.17) is 9.47 Å². The Kier molecular flexibility index (Phi) is 7.01. The summed E-state index contributed by atoms with van der Waals surface area (Å²) in [6.45, 7) is 18.2. The topological polar surface area (TPSA) is 18.5 Å².